The van der Waals surface area contributed by atoms with E-state index in [4.69, 9.17) is 11.6 Å². The summed E-state index contributed by atoms with van der Waals surface area (Å²) in [5.74, 6) is 0.283. The van der Waals surface area contributed by atoms with Crippen LogP contribution in [0.25, 0.3) is 5.69 Å². The Bertz CT molecular complexity index is 1030. The first-order valence-corrected chi connectivity index (χ1v) is 9.90. The van der Waals surface area contributed by atoms with E-state index < -0.39 is 0 Å². The summed E-state index contributed by atoms with van der Waals surface area (Å²) in [5.41, 5.74) is 2.37. The molecule has 1 saturated heterocycles. The first-order chi connectivity index (χ1) is 14.0. The molecule has 3 aromatic rings. The maximum absolute atomic E-state index is 13.2. The third-order valence-corrected chi connectivity index (χ3v) is 5.34. The first kappa shape index (κ1) is 19.4. The Hall–Kier alpha value is -2.93. The second-order valence-corrected chi connectivity index (χ2v) is 7.40. The normalized spacial score (nSPS) is 13.7. The summed E-state index contributed by atoms with van der Waals surface area (Å²) in [7, 11) is 0. The topological polar surface area (TPSA) is 63.1 Å². The van der Waals surface area contributed by atoms with E-state index in [0.717, 1.165) is 24.5 Å². The molecule has 0 atom stereocenters. The number of aryl methyl sites for hydroxylation is 1. The second kappa shape index (κ2) is 8.21. The minimum absolute atomic E-state index is 0.194. The maximum atomic E-state index is 13.2. The van der Waals surface area contributed by atoms with Crippen LogP contribution >= 0.6 is 11.6 Å². The summed E-state index contributed by atoms with van der Waals surface area (Å²) < 4.78 is 14.6. The highest BCUT2D eigenvalue weighted by Gasteiger charge is 2.21. The van der Waals surface area contributed by atoms with Gasteiger partial charge in [0.05, 0.1) is 16.9 Å². The molecule has 1 aliphatic heterocycles. The van der Waals surface area contributed by atoms with Crippen molar-refractivity contribution < 1.29 is 9.18 Å². The third kappa shape index (κ3) is 4.10. The van der Waals surface area contributed by atoms with Crippen LogP contribution in [0, 0.1) is 12.7 Å². The molecule has 1 N–H and O–H groups in total. The lowest BCUT2D eigenvalue weighted by Gasteiger charge is -2.17. The highest BCUT2D eigenvalue weighted by atomic mass is 35.5. The van der Waals surface area contributed by atoms with Crippen molar-refractivity contribution in [1.29, 1.82) is 0 Å². The SMILES string of the molecule is Cc1nn(-c2ccc(F)cc2)c(Cl)c1C(=O)NCc1ccnc(N2CCCC2)c1. The van der Waals surface area contributed by atoms with Crippen LogP contribution in [-0.2, 0) is 6.54 Å². The van der Waals surface area contributed by atoms with Crippen molar-refractivity contribution in [2.75, 3.05) is 18.0 Å². The lowest BCUT2D eigenvalue weighted by molar-refractivity contribution is 0.0950. The number of pyridine rings is 1. The maximum Gasteiger partial charge on any atom is 0.256 e. The summed E-state index contributed by atoms with van der Waals surface area (Å²) in [5, 5.41) is 7.44. The van der Waals surface area contributed by atoms with Crippen LogP contribution in [0.15, 0.2) is 42.6 Å². The summed E-state index contributed by atoms with van der Waals surface area (Å²) in [6.07, 6.45) is 4.12. The summed E-state index contributed by atoms with van der Waals surface area (Å²) in [6.45, 7) is 4.11. The number of hydrogen-bond acceptors (Lipinski definition) is 4. The number of carbonyl (C=O) groups is 1. The summed E-state index contributed by atoms with van der Waals surface area (Å²) in [6, 6.07) is 9.66. The Balaban J connectivity index is 1.49. The van der Waals surface area contributed by atoms with Crippen molar-refractivity contribution in [1.82, 2.24) is 20.1 Å². The van der Waals surface area contributed by atoms with E-state index in [9.17, 15) is 9.18 Å². The van der Waals surface area contributed by atoms with Crippen molar-refractivity contribution in [3.05, 3.63) is 70.4 Å². The van der Waals surface area contributed by atoms with Crippen molar-refractivity contribution in [2.45, 2.75) is 26.3 Å². The zero-order valence-corrected chi connectivity index (χ0v) is 16.8. The Labute approximate surface area is 173 Å². The van der Waals surface area contributed by atoms with Crippen molar-refractivity contribution in [2.24, 2.45) is 0 Å². The lowest BCUT2D eigenvalue weighted by atomic mass is 10.2. The van der Waals surface area contributed by atoms with Gasteiger partial charge in [0.2, 0.25) is 0 Å². The van der Waals surface area contributed by atoms with Crippen molar-refractivity contribution >= 4 is 23.3 Å². The average Bonchev–Trinajstić information content (AvgIpc) is 3.35. The van der Waals surface area contributed by atoms with Crippen LogP contribution in [0.1, 0.15) is 34.5 Å². The summed E-state index contributed by atoms with van der Waals surface area (Å²) in [4.78, 5) is 19.4. The molecule has 1 aliphatic rings. The number of halogens is 2. The third-order valence-electron chi connectivity index (χ3n) is 5.00. The molecule has 0 unspecified atom stereocenters. The van der Waals surface area contributed by atoms with E-state index >= 15 is 0 Å². The molecule has 150 valence electrons. The zero-order chi connectivity index (χ0) is 20.4. The van der Waals surface area contributed by atoms with E-state index in [1.807, 2.05) is 12.1 Å². The van der Waals surface area contributed by atoms with Gasteiger partial charge in [-0.3, -0.25) is 4.79 Å². The van der Waals surface area contributed by atoms with Crippen LogP contribution < -0.4 is 10.2 Å². The van der Waals surface area contributed by atoms with Crippen LogP contribution in [0.2, 0.25) is 5.15 Å². The standard InChI is InChI=1S/C21H21ClFN5O/c1-14-19(20(22)28(26-14)17-6-4-16(23)5-7-17)21(29)25-13-15-8-9-24-18(12-15)27-10-2-3-11-27/h4-9,12H,2-3,10-11,13H2,1H3,(H,25,29). The van der Waals surface area contributed by atoms with Crippen LogP contribution in [0.3, 0.4) is 0 Å². The van der Waals surface area contributed by atoms with Crippen LogP contribution in [-0.4, -0.2) is 33.8 Å². The number of hydrogen-bond donors (Lipinski definition) is 1. The van der Waals surface area contributed by atoms with Gasteiger partial charge in [-0.05, 0) is 61.7 Å². The number of nitrogens with zero attached hydrogens (tertiary/aromatic N) is 4. The molecule has 1 amide bonds. The van der Waals surface area contributed by atoms with Gasteiger partial charge in [-0.2, -0.15) is 5.10 Å². The molecule has 6 nitrogen and oxygen atoms in total. The Kier molecular flexibility index (Phi) is 5.49. The predicted octanol–water partition coefficient (Wildman–Crippen LogP) is 3.90. The monoisotopic (exact) mass is 413 g/mol. The number of amides is 1. The Morgan fingerprint density at radius 1 is 1.21 bits per heavy atom. The molecular weight excluding hydrogens is 393 g/mol. The Morgan fingerprint density at radius 3 is 2.66 bits per heavy atom. The highest BCUT2D eigenvalue weighted by molar-refractivity contribution is 6.33. The van der Waals surface area contributed by atoms with E-state index in [-0.39, 0.29) is 16.9 Å². The number of rotatable bonds is 5. The molecule has 8 heteroatoms. The van der Waals surface area contributed by atoms with E-state index in [1.165, 1.54) is 29.7 Å². The minimum atomic E-state index is -0.350. The lowest BCUT2D eigenvalue weighted by Crippen LogP contribution is -2.24. The molecular formula is C21H21ClFN5O. The van der Waals surface area contributed by atoms with Gasteiger partial charge in [0, 0.05) is 25.8 Å². The van der Waals surface area contributed by atoms with Gasteiger partial charge < -0.3 is 10.2 Å². The van der Waals surface area contributed by atoms with Gasteiger partial charge in [0.25, 0.3) is 5.91 Å². The quantitative estimate of drug-likeness (QED) is 0.689. The molecule has 0 spiro atoms. The number of carbonyl (C=O) groups excluding carboxylic acids is 1. The second-order valence-electron chi connectivity index (χ2n) is 7.04. The number of aromatic nitrogens is 3. The van der Waals surface area contributed by atoms with Crippen molar-refractivity contribution in [3.8, 4) is 5.69 Å². The fourth-order valence-electron chi connectivity index (χ4n) is 3.47. The highest BCUT2D eigenvalue weighted by Crippen LogP contribution is 2.24. The van der Waals surface area contributed by atoms with Crippen LogP contribution in [0.5, 0.6) is 0 Å². The Morgan fingerprint density at radius 2 is 1.93 bits per heavy atom. The number of anilines is 1. The number of nitrogens with one attached hydrogen (secondary N) is 1. The van der Waals surface area contributed by atoms with Gasteiger partial charge in [0.1, 0.15) is 16.8 Å². The molecule has 0 radical (unpaired) electrons. The van der Waals surface area contributed by atoms with Crippen molar-refractivity contribution in [3.63, 3.8) is 0 Å². The molecule has 3 heterocycles. The molecule has 0 aliphatic carbocycles. The largest absolute Gasteiger partial charge is 0.357 e. The van der Waals surface area contributed by atoms with Gasteiger partial charge in [-0.15, -0.1) is 0 Å². The predicted molar refractivity (Wildman–Crippen MR) is 110 cm³/mol. The van der Waals surface area contributed by atoms with E-state index in [1.54, 1.807) is 25.3 Å². The molecule has 1 fully saturated rings. The van der Waals surface area contributed by atoms with Gasteiger partial charge in [0.15, 0.2) is 0 Å². The number of benzene rings is 1. The fourth-order valence-corrected chi connectivity index (χ4v) is 3.83. The molecule has 0 bridgehead atoms. The minimum Gasteiger partial charge on any atom is -0.357 e. The van der Waals surface area contributed by atoms with Gasteiger partial charge >= 0.3 is 0 Å². The summed E-state index contributed by atoms with van der Waals surface area (Å²) >= 11 is 6.42. The fraction of sp³-hybridized carbons (Fsp3) is 0.286. The smallest absolute Gasteiger partial charge is 0.256 e. The van der Waals surface area contributed by atoms with Gasteiger partial charge in [-0.1, -0.05) is 11.6 Å². The molecule has 2 aromatic heterocycles. The van der Waals surface area contributed by atoms with Gasteiger partial charge in [-0.25, -0.2) is 14.1 Å². The van der Waals surface area contributed by atoms with Crippen LogP contribution in [0.4, 0.5) is 10.2 Å². The molecule has 1 aromatic carbocycles. The van der Waals surface area contributed by atoms with E-state index in [0.29, 0.717) is 23.5 Å². The molecule has 4 rings (SSSR count). The average molecular weight is 414 g/mol. The van der Waals surface area contributed by atoms with E-state index in [2.05, 4.69) is 20.3 Å². The first-order valence-electron chi connectivity index (χ1n) is 9.52. The zero-order valence-electron chi connectivity index (χ0n) is 16.0. The molecule has 0 saturated carbocycles. The molecule has 29 heavy (non-hydrogen) atoms.